The number of ether oxygens (including phenoxy) is 1. The molecule has 4 rings (SSSR count). The quantitative estimate of drug-likeness (QED) is 0.219. The first-order chi connectivity index (χ1) is 16.5. The van der Waals surface area contributed by atoms with E-state index in [1.165, 1.54) is 56.9 Å². The zero-order chi connectivity index (χ0) is 25.4. The molecule has 196 valence electrons. The maximum Gasteiger partial charge on any atom is 0.331 e. The Hall–Kier alpha value is -1.58. The van der Waals surface area contributed by atoms with Crippen LogP contribution in [0.5, 0.6) is 0 Å². The van der Waals surface area contributed by atoms with Gasteiger partial charge in [-0.25, -0.2) is 9.59 Å². The third-order valence-corrected chi connectivity index (χ3v) is 10.9. The van der Waals surface area contributed by atoms with E-state index in [0.717, 1.165) is 66.9 Å². The average molecular weight is 485 g/mol. The topological polar surface area (TPSA) is 63.6 Å². The number of carbonyl (C=O) groups excluding carboxylic acids is 1. The highest BCUT2D eigenvalue weighted by atomic mass is 16.5. The summed E-state index contributed by atoms with van der Waals surface area (Å²) in [6.07, 6.45) is 17.9. The summed E-state index contributed by atoms with van der Waals surface area (Å²) in [6, 6.07) is 0. The summed E-state index contributed by atoms with van der Waals surface area (Å²) in [5, 5.41) is 8.75. The van der Waals surface area contributed by atoms with Crippen molar-refractivity contribution in [2.24, 2.45) is 46.3 Å². The number of aliphatic carboxylic acids is 1. The molecule has 0 saturated heterocycles. The van der Waals surface area contributed by atoms with Gasteiger partial charge in [0.1, 0.15) is 6.10 Å². The van der Waals surface area contributed by atoms with Crippen LogP contribution in [0.25, 0.3) is 0 Å². The van der Waals surface area contributed by atoms with E-state index < -0.39 is 11.9 Å². The number of carboxylic acids is 1. The second-order valence-corrected chi connectivity index (χ2v) is 13.3. The molecule has 0 amide bonds. The fourth-order valence-corrected chi connectivity index (χ4v) is 9.10. The number of carbonyl (C=O) groups is 2. The van der Waals surface area contributed by atoms with Gasteiger partial charge in [-0.1, -0.05) is 65.5 Å². The van der Waals surface area contributed by atoms with Gasteiger partial charge in [-0.05, 0) is 91.3 Å². The average Bonchev–Trinajstić information content (AvgIpc) is 3.15. The van der Waals surface area contributed by atoms with Crippen molar-refractivity contribution in [2.45, 2.75) is 111 Å². The SMILES string of the molecule is CC(C)CCCC(C)C1CCC2C3CC=C4CC(OC(=O)C=CC(=O)O)CCC4(C)C3CCC12C. The maximum absolute atomic E-state index is 12.0. The number of allylic oxidation sites excluding steroid dienone is 1. The number of esters is 1. The minimum atomic E-state index is -1.12. The number of hydrogen-bond donors (Lipinski definition) is 1. The molecule has 3 saturated carbocycles. The minimum Gasteiger partial charge on any atom is -0.478 e. The van der Waals surface area contributed by atoms with Crippen LogP contribution in [0.1, 0.15) is 105 Å². The van der Waals surface area contributed by atoms with Crippen molar-refractivity contribution in [1.29, 1.82) is 0 Å². The Morgan fingerprint density at radius 2 is 1.83 bits per heavy atom. The van der Waals surface area contributed by atoms with Crippen LogP contribution in [0.2, 0.25) is 0 Å². The van der Waals surface area contributed by atoms with E-state index in [9.17, 15) is 9.59 Å². The molecule has 4 aliphatic rings. The van der Waals surface area contributed by atoms with Crippen LogP contribution < -0.4 is 0 Å². The van der Waals surface area contributed by atoms with Gasteiger partial charge in [0.05, 0.1) is 0 Å². The van der Waals surface area contributed by atoms with Gasteiger partial charge in [-0.2, -0.15) is 0 Å². The first-order valence-electron chi connectivity index (χ1n) is 14.4. The molecule has 0 bridgehead atoms. The third-order valence-electron chi connectivity index (χ3n) is 10.9. The van der Waals surface area contributed by atoms with Crippen LogP contribution in [-0.4, -0.2) is 23.1 Å². The summed E-state index contributed by atoms with van der Waals surface area (Å²) in [5.41, 5.74) is 2.22. The molecule has 8 unspecified atom stereocenters. The lowest BCUT2D eigenvalue weighted by Crippen LogP contribution is -2.51. The van der Waals surface area contributed by atoms with Crippen LogP contribution in [0.3, 0.4) is 0 Å². The van der Waals surface area contributed by atoms with E-state index >= 15 is 0 Å². The van der Waals surface area contributed by atoms with Gasteiger partial charge in [-0.3, -0.25) is 0 Å². The van der Waals surface area contributed by atoms with Crippen LogP contribution >= 0.6 is 0 Å². The van der Waals surface area contributed by atoms with E-state index in [1.54, 1.807) is 0 Å². The van der Waals surface area contributed by atoms with E-state index in [4.69, 9.17) is 9.84 Å². The molecule has 0 aromatic heterocycles. The normalized spacial score (nSPS) is 39.5. The molecule has 0 radical (unpaired) electrons. The highest BCUT2D eigenvalue weighted by molar-refractivity contribution is 5.90. The number of hydrogen-bond acceptors (Lipinski definition) is 3. The van der Waals surface area contributed by atoms with Crippen LogP contribution in [0, 0.1) is 46.3 Å². The second-order valence-electron chi connectivity index (χ2n) is 13.3. The molecule has 0 aromatic carbocycles. The summed E-state index contributed by atoms with van der Waals surface area (Å²) in [4.78, 5) is 22.7. The van der Waals surface area contributed by atoms with E-state index in [2.05, 4.69) is 40.7 Å². The molecular formula is C31H48O4. The Labute approximate surface area is 213 Å². The molecule has 4 aliphatic carbocycles. The molecule has 0 aromatic rings. The molecule has 0 spiro atoms. The summed E-state index contributed by atoms with van der Waals surface area (Å²) < 4.78 is 5.61. The van der Waals surface area contributed by atoms with Crippen LogP contribution in [0.4, 0.5) is 0 Å². The van der Waals surface area contributed by atoms with E-state index in [1.807, 2.05) is 0 Å². The maximum atomic E-state index is 12.0. The monoisotopic (exact) mass is 484 g/mol. The molecule has 0 aliphatic heterocycles. The zero-order valence-corrected chi connectivity index (χ0v) is 22.7. The Morgan fingerprint density at radius 3 is 2.54 bits per heavy atom. The highest BCUT2D eigenvalue weighted by Crippen LogP contribution is 2.67. The highest BCUT2D eigenvalue weighted by Gasteiger charge is 2.59. The van der Waals surface area contributed by atoms with Crippen LogP contribution in [0.15, 0.2) is 23.8 Å². The lowest BCUT2D eigenvalue weighted by atomic mass is 9.47. The van der Waals surface area contributed by atoms with Gasteiger partial charge >= 0.3 is 11.9 Å². The van der Waals surface area contributed by atoms with Gasteiger partial charge in [-0.15, -0.1) is 0 Å². The molecule has 3 fully saturated rings. The van der Waals surface area contributed by atoms with E-state index in [-0.39, 0.29) is 11.5 Å². The summed E-state index contributed by atoms with van der Waals surface area (Å²) in [7, 11) is 0. The Balaban J connectivity index is 1.42. The predicted molar refractivity (Wildman–Crippen MR) is 140 cm³/mol. The van der Waals surface area contributed by atoms with Gasteiger partial charge in [0.15, 0.2) is 0 Å². The summed E-state index contributed by atoms with van der Waals surface area (Å²) >= 11 is 0. The van der Waals surface area contributed by atoms with Gasteiger partial charge in [0.2, 0.25) is 0 Å². The van der Waals surface area contributed by atoms with Crippen molar-refractivity contribution < 1.29 is 19.4 Å². The van der Waals surface area contributed by atoms with Gasteiger partial charge < -0.3 is 9.84 Å². The molecular weight excluding hydrogens is 436 g/mol. The minimum absolute atomic E-state index is 0.131. The van der Waals surface area contributed by atoms with Crippen molar-refractivity contribution in [3.05, 3.63) is 23.8 Å². The molecule has 8 atom stereocenters. The Kier molecular flexibility index (Phi) is 7.88. The molecule has 4 heteroatoms. The molecule has 0 heterocycles. The van der Waals surface area contributed by atoms with Crippen molar-refractivity contribution in [2.75, 3.05) is 0 Å². The van der Waals surface area contributed by atoms with Crippen molar-refractivity contribution in [3.8, 4) is 0 Å². The lowest BCUT2D eigenvalue weighted by molar-refractivity contribution is -0.146. The molecule has 1 N–H and O–H groups in total. The Bertz CT molecular complexity index is 856. The fraction of sp³-hybridized carbons (Fsp3) is 0.806. The van der Waals surface area contributed by atoms with Crippen molar-refractivity contribution in [1.82, 2.24) is 0 Å². The number of rotatable bonds is 8. The second kappa shape index (κ2) is 10.4. The number of carboxylic acid groups (broad SMARTS) is 1. The van der Waals surface area contributed by atoms with Crippen molar-refractivity contribution >= 4 is 11.9 Å². The van der Waals surface area contributed by atoms with Crippen LogP contribution in [-0.2, 0) is 14.3 Å². The molecule has 4 nitrogen and oxygen atoms in total. The summed E-state index contributed by atoms with van der Waals surface area (Å²) in [6.45, 7) is 12.4. The first kappa shape index (κ1) is 26.5. The zero-order valence-electron chi connectivity index (χ0n) is 22.7. The first-order valence-corrected chi connectivity index (χ1v) is 14.4. The number of fused-ring (bicyclic) bond motifs is 5. The van der Waals surface area contributed by atoms with E-state index in [0.29, 0.717) is 5.41 Å². The fourth-order valence-electron chi connectivity index (χ4n) is 9.10. The summed E-state index contributed by atoms with van der Waals surface area (Å²) in [5.74, 6) is 3.27. The van der Waals surface area contributed by atoms with Gasteiger partial charge in [0.25, 0.3) is 0 Å². The largest absolute Gasteiger partial charge is 0.478 e. The standard InChI is InChI=1S/C31H48O4/c1-20(2)7-6-8-21(3)25-11-12-26-24-10-9-22-19-23(35-29(34)14-13-28(32)33)15-17-30(22,4)27(24)16-18-31(25,26)5/h9,13-14,20-21,23-27H,6-8,10-12,15-19H2,1-5H3,(H,32,33). The third kappa shape index (κ3) is 5.27. The van der Waals surface area contributed by atoms with Gasteiger partial charge in [0, 0.05) is 18.6 Å². The van der Waals surface area contributed by atoms with Crippen molar-refractivity contribution in [3.63, 3.8) is 0 Å². The lowest BCUT2D eigenvalue weighted by Gasteiger charge is -2.58. The smallest absolute Gasteiger partial charge is 0.331 e. The predicted octanol–water partition coefficient (Wildman–Crippen LogP) is 7.58. The molecule has 35 heavy (non-hydrogen) atoms. The Morgan fingerprint density at radius 1 is 1.06 bits per heavy atom.